The second-order valence-electron chi connectivity index (χ2n) is 3.36. The summed E-state index contributed by atoms with van der Waals surface area (Å²) in [4.78, 5) is 9.91. The number of halogens is 3. The Morgan fingerprint density at radius 1 is 1.32 bits per heavy atom. The van der Waals surface area contributed by atoms with Gasteiger partial charge in [-0.3, -0.25) is 4.79 Å². The standard InChI is InChI=1S/C10H10F3NO4S/c1-14-9(15)6-18-7-4-2-3-5-8(7)19(16,17)10(11,12)13/h2-5H,6H2,1H3,(H,14,15). The topological polar surface area (TPSA) is 72.5 Å². The third kappa shape index (κ3) is 3.37. The zero-order valence-electron chi connectivity index (χ0n) is 9.69. The molecule has 0 saturated heterocycles. The molecule has 9 heteroatoms. The van der Waals surface area contributed by atoms with Gasteiger partial charge >= 0.3 is 5.51 Å². The Morgan fingerprint density at radius 3 is 2.42 bits per heavy atom. The summed E-state index contributed by atoms with van der Waals surface area (Å²) in [6.07, 6.45) is 0. The minimum absolute atomic E-state index is 0.525. The van der Waals surface area contributed by atoms with Gasteiger partial charge in [0.2, 0.25) is 0 Å². The van der Waals surface area contributed by atoms with E-state index in [4.69, 9.17) is 4.74 Å². The number of sulfone groups is 1. The second kappa shape index (κ2) is 5.47. The molecule has 0 heterocycles. The summed E-state index contributed by atoms with van der Waals surface area (Å²) in [7, 11) is -4.21. The lowest BCUT2D eigenvalue weighted by Gasteiger charge is -2.13. The largest absolute Gasteiger partial charge is 0.502 e. The molecule has 5 nitrogen and oxygen atoms in total. The highest BCUT2D eigenvalue weighted by atomic mass is 32.2. The molecular formula is C10H10F3NO4S. The molecule has 0 aliphatic rings. The first kappa shape index (κ1) is 15.3. The number of benzene rings is 1. The van der Waals surface area contributed by atoms with Crippen molar-refractivity contribution in [1.29, 1.82) is 0 Å². The zero-order chi connectivity index (χ0) is 14.7. The Bertz CT molecular complexity index is 568. The molecule has 0 bridgehead atoms. The minimum Gasteiger partial charge on any atom is -0.482 e. The van der Waals surface area contributed by atoms with Gasteiger partial charge in [-0.2, -0.15) is 13.2 Å². The molecule has 0 spiro atoms. The first-order chi connectivity index (χ1) is 8.70. The molecule has 0 atom stereocenters. The van der Waals surface area contributed by atoms with E-state index in [1.54, 1.807) is 0 Å². The van der Waals surface area contributed by atoms with Crippen LogP contribution in [0.1, 0.15) is 0 Å². The average molecular weight is 297 g/mol. The smallest absolute Gasteiger partial charge is 0.482 e. The van der Waals surface area contributed by atoms with Crippen molar-refractivity contribution >= 4 is 15.7 Å². The number of hydrogen-bond donors (Lipinski definition) is 1. The molecule has 0 saturated carbocycles. The van der Waals surface area contributed by atoms with E-state index >= 15 is 0 Å². The molecule has 0 radical (unpaired) electrons. The number of carbonyl (C=O) groups excluding carboxylic acids is 1. The number of alkyl halides is 3. The second-order valence-corrected chi connectivity index (χ2v) is 5.27. The summed E-state index contributed by atoms with van der Waals surface area (Å²) in [5.74, 6) is -1.12. The summed E-state index contributed by atoms with van der Waals surface area (Å²) in [5, 5.41) is 2.19. The minimum atomic E-state index is -5.52. The van der Waals surface area contributed by atoms with Crippen molar-refractivity contribution in [1.82, 2.24) is 5.32 Å². The highest BCUT2D eigenvalue weighted by Gasteiger charge is 2.48. The summed E-state index contributed by atoms with van der Waals surface area (Å²) in [5.41, 5.74) is -5.43. The summed E-state index contributed by atoms with van der Waals surface area (Å²) >= 11 is 0. The first-order valence-corrected chi connectivity index (χ1v) is 6.42. The summed E-state index contributed by atoms with van der Waals surface area (Å²) < 4.78 is 64.7. The highest BCUT2D eigenvalue weighted by Crippen LogP contribution is 2.35. The van der Waals surface area contributed by atoms with E-state index < -0.39 is 38.5 Å². The highest BCUT2D eigenvalue weighted by molar-refractivity contribution is 7.92. The van der Waals surface area contributed by atoms with Gasteiger partial charge < -0.3 is 10.1 Å². The predicted molar refractivity (Wildman–Crippen MR) is 59.2 cm³/mol. The van der Waals surface area contributed by atoms with Gasteiger partial charge in [0.25, 0.3) is 15.7 Å². The molecule has 106 valence electrons. The van der Waals surface area contributed by atoms with Crippen LogP contribution >= 0.6 is 0 Å². The Hall–Kier alpha value is -1.77. The lowest BCUT2D eigenvalue weighted by molar-refractivity contribution is -0.122. The maximum Gasteiger partial charge on any atom is 0.502 e. The number of nitrogens with one attached hydrogen (secondary N) is 1. The number of para-hydroxylation sites is 1. The quantitative estimate of drug-likeness (QED) is 0.903. The van der Waals surface area contributed by atoms with Crippen LogP contribution in [0.15, 0.2) is 29.2 Å². The van der Waals surface area contributed by atoms with E-state index in [0.717, 1.165) is 18.2 Å². The van der Waals surface area contributed by atoms with Crippen molar-refractivity contribution in [2.75, 3.05) is 13.7 Å². The number of likely N-dealkylation sites (N-methyl/N-ethyl adjacent to an activating group) is 1. The first-order valence-electron chi connectivity index (χ1n) is 4.94. The Kier molecular flexibility index (Phi) is 4.40. The maximum absolute atomic E-state index is 12.4. The molecule has 1 N–H and O–H groups in total. The van der Waals surface area contributed by atoms with Gasteiger partial charge in [0.1, 0.15) is 10.6 Å². The van der Waals surface area contributed by atoms with Crippen LogP contribution in [0, 0.1) is 0 Å². The van der Waals surface area contributed by atoms with Gasteiger partial charge in [-0.05, 0) is 12.1 Å². The number of ether oxygens (including phenoxy) is 1. The van der Waals surface area contributed by atoms with Crippen LogP contribution in [0.4, 0.5) is 13.2 Å². The van der Waals surface area contributed by atoms with Gasteiger partial charge in [0.15, 0.2) is 6.61 Å². The molecule has 1 amide bonds. The van der Waals surface area contributed by atoms with E-state index in [0.29, 0.717) is 0 Å². The van der Waals surface area contributed by atoms with Crippen LogP contribution in [0.2, 0.25) is 0 Å². The lowest BCUT2D eigenvalue weighted by Crippen LogP contribution is -2.27. The maximum atomic E-state index is 12.4. The fourth-order valence-electron chi connectivity index (χ4n) is 1.13. The van der Waals surface area contributed by atoms with Gasteiger partial charge in [-0.1, -0.05) is 12.1 Å². The fourth-order valence-corrected chi connectivity index (χ4v) is 2.03. The molecule has 1 aromatic rings. The molecule has 0 aliphatic carbocycles. The van der Waals surface area contributed by atoms with Gasteiger partial charge in [-0.15, -0.1) is 0 Å². The molecule has 0 aliphatic heterocycles. The molecule has 1 rings (SSSR count). The van der Waals surface area contributed by atoms with E-state index in [1.807, 2.05) is 0 Å². The molecule has 19 heavy (non-hydrogen) atoms. The van der Waals surface area contributed by atoms with Crippen molar-refractivity contribution in [2.24, 2.45) is 0 Å². The van der Waals surface area contributed by atoms with Crippen LogP contribution in [0.5, 0.6) is 5.75 Å². The summed E-state index contributed by atoms with van der Waals surface area (Å²) in [6, 6.07) is 4.24. The van der Waals surface area contributed by atoms with Gasteiger partial charge in [0, 0.05) is 7.05 Å². The van der Waals surface area contributed by atoms with Crippen molar-refractivity contribution < 1.29 is 31.1 Å². The fraction of sp³-hybridized carbons (Fsp3) is 0.300. The van der Waals surface area contributed by atoms with Crippen LogP contribution in [-0.2, 0) is 14.6 Å². The van der Waals surface area contributed by atoms with E-state index in [-0.39, 0.29) is 0 Å². The van der Waals surface area contributed by atoms with E-state index in [2.05, 4.69) is 5.32 Å². The van der Waals surface area contributed by atoms with E-state index in [9.17, 15) is 26.4 Å². The zero-order valence-corrected chi connectivity index (χ0v) is 10.5. The van der Waals surface area contributed by atoms with Gasteiger partial charge in [-0.25, -0.2) is 8.42 Å². The van der Waals surface area contributed by atoms with Crippen LogP contribution < -0.4 is 10.1 Å². The Balaban J connectivity index is 3.14. The van der Waals surface area contributed by atoms with Crippen molar-refractivity contribution in [3.8, 4) is 5.75 Å². The monoisotopic (exact) mass is 297 g/mol. The van der Waals surface area contributed by atoms with Crippen LogP contribution in [-0.4, -0.2) is 33.5 Å². The number of amides is 1. The SMILES string of the molecule is CNC(=O)COc1ccccc1S(=O)(=O)C(F)(F)F. The van der Waals surface area contributed by atoms with Crippen molar-refractivity contribution in [2.45, 2.75) is 10.4 Å². The molecule has 0 aromatic heterocycles. The normalized spacial score (nSPS) is 12.0. The third-order valence-corrected chi connectivity index (χ3v) is 3.61. The van der Waals surface area contributed by atoms with Crippen molar-refractivity contribution in [3.05, 3.63) is 24.3 Å². The molecule has 1 aromatic carbocycles. The summed E-state index contributed by atoms with van der Waals surface area (Å²) in [6.45, 7) is -0.582. The molecule has 0 unspecified atom stereocenters. The third-order valence-electron chi connectivity index (χ3n) is 2.08. The van der Waals surface area contributed by atoms with Crippen LogP contribution in [0.3, 0.4) is 0 Å². The number of rotatable bonds is 4. The van der Waals surface area contributed by atoms with E-state index in [1.165, 1.54) is 13.1 Å². The Labute approximate surface area is 107 Å². The number of hydrogen-bond acceptors (Lipinski definition) is 4. The predicted octanol–water partition coefficient (Wildman–Crippen LogP) is 1.10. The van der Waals surface area contributed by atoms with Crippen LogP contribution in [0.25, 0.3) is 0 Å². The Morgan fingerprint density at radius 2 is 1.89 bits per heavy atom. The molecular weight excluding hydrogens is 287 g/mol. The lowest BCUT2D eigenvalue weighted by atomic mass is 10.3. The number of carbonyl (C=O) groups is 1. The van der Waals surface area contributed by atoms with Crippen molar-refractivity contribution in [3.63, 3.8) is 0 Å². The molecule has 0 fully saturated rings. The van der Waals surface area contributed by atoms with Gasteiger partial charge in [0.05, 0.1) is 0 Å². The average Bonchev–Trinajstić information content (AvgIpc) is 2.34.